The van der Waals surface area contributed by atoms with E-state index in [2.05, 4.69) is 4.74 Å². The molecule has 1 atom stereocenters. The SMILES string of the molecule is OC(c1ccn(COCC(F)(F)F)c1)C1CC1. The Morgan fingerprint density at radius 3 is 2.76 bits per heavy atom. The summed E-state index contributed by atoms with van der Waals surface area (Å²) in [5.41, 5.74) is 0.739. The zero-order chi connectivity index (χ0) is 12.5. The number of hydrogen-bond donors (Lipinski definition) is 1. The Labute approximate surface area is 96.8 Å². The molecule has 0 bridgehead atoms. The monoisotopic (exact) mass is 249 g/mol. The number of hydrogen-bond acceptors (Lipinski definition) is 2. The van der Waals surface area contributed by atoms with Crippen LogP contribution in [0.3, 0.4) is 0 Å². The molecule has 2 rings (SSSR count). The minimum absolute atomic E-state index is 0.156. The first kappa shape index (κ1) is 12.4. The maximum atomic E-state index is 11.8. The Balaban J connectivity index is 1.81. The second-order valence-electron chi connectivity index (χ2n) is 4.33. The molecule has 0 aromatic carbocycles. The molecule has 96 valence electrons. The van der Waals surface area contributed by atoms with Crippen LogP contribution >= 0.6 is 0 Å². The lowest BCUT2D eigenvalue weighted by Gasteiger charge is -2.08. The summed E-state index contributed by atoms with van der Waals surface area (Å²) in [6, 6.07) is 1.71. The molecule has 1 aliphatic rings. The van der Waals surface area contributed by atoms with Gasteiger partial charge in [-0.1, -0.05) is 0 Å². The molecule has 1 heterocycles. The van der Waals surface area contributed by atoms with Crippen LogP contribution in [0.25, 0.3) is 0 Å². The van der Waals surface area contributed by atoms with Crippen molar-refractivity contribution >= 4 is 0 Å². The molecule has 1 saturated carbocycles. The summed E-state index contributed by atoms with van der Waals surface area (Å²) in [5.74, 6) is 0.307. The summed E-state index contributed by atoms with van der Waals surface area (Å²) in [6.45, 7) is -1.41. The van der Waals surface area contributed by atoms with Crippen LogP contribution in [-0.4, -0.2) is 22.5 Å². The normalized spacial score (nSPS) is 18.4. The first-order valence-corrected chi connectivity index (χ1v) is 5.44. The van der Waals surface area contributed by atoms with Gasteiger partial charge in [-0.2, -0.15) is 13.2 Å². The minimum atomic E-state index is -4.30. The smallest absolute Gasteiger partial charge is 0.388 e. The Morgan fingerprint density at radius 2 is 2.18 bits per heavy atom. The number of rotatable bonds is 5. The fourth-order valence-corrected chi connectivity index (χ4v) is 1.67. The van der Waals surface area contributed by atoms with Gasteiger partial charge in [0.2, 0.25) is 0 Å². The molecule has 0 spiro atoms. The maximum absolute atomic E-state index is 11.8. The summed E-state index contributed by atoms with van der Waals surface area (Å²) in [5, 5.41) is 9.79. The van der Waals surface area contributed by atoms with E-state index in [1.807, 2.05) is 0 Å². The van der Waals surface area contributed by atoms with Gasteiger partial charge in [0, 0.05) is 12.4 Å². The number of aliphatic hydroxyl groups is 1. The molecule has 6 heteroatoms. The molecule has 0 amide bonds. The molecule has 17 heavy (non-hydrogen) atoms. The van der Waals surface area contributed by atoms with Crippen molar-refractivity contribution in [2.45, 2.75) is 31.9 Å². The van der Waals surface area contributed by atoms with Gasteiger partial charge >= 0.3 is 6.18 Å². The predicted octanol–water partition coefficient (Wildman–Crippen LogP) is 2.47. The third-order valence-corrected chi connectivity index (χ3v) is 2.69. The van der Waals surface area contributed by atoms with Crippen molar-refractivity contribution in [3.8, 4) is 0 Å². The van der Waals surface area contributed by atoms with Gasteiger partial charge in [-0.15, -0.1) is 0 Å². The molecule has 0 aliphatic heterocycles. The van der Waals surface area contributed by atoms with Crippen molar-refractivity contribution in [1.29, 1.82) is 0 Å². The molecule has 1 aromatic rings. The third-order valence-electron chi connectivity index (χ3n) is 2.69. The number of ether oxygens (including phenoxy) is 1. The lowest BCUT2D eigenvalue weighted by molar-refractivity contribution is -0.181. The Hall–Kier alpha value is -1.01. The Morgan fingerprint density at radius 1 is 1.47 bits per heavy atom. The average Bonchev–Trinajstić information content (AvgIpc) is 2.96. The first-order chi connectivity index (χ1) is 7.96. The largest absolute Gasteiger partial charge is 0.411 e. The molecular weight excluding hydrogens is 235 g/mol. The zero-order valence-corrected chi connectivity index (χ0v) is 9.15. The molecule has 1 unspecified atom stereocenters. The molecule has 0 radical (unpaired) electrons. The van der Waals surface area contributed by atoms with Gasteiger partial charge < -0.3 is 14.4 Å². The van der Waals surface area contributed by atoms with Crippen molar-refractivity contribution in [2.75, 3.05) is 6.61 Å². The molecule has 3 nitrogen and oxygen atoms in total. The number of halogens is 3. The van der Waals surface area contributed by atoms with Crippen molar-refractivity contribution in [3.63, 3.8) is 0 Å². The van der Waals surface area contributed by atoms with Crippen LogP contribution in [0.4, 0.5) is 13.2 Å². The van der Waals surface area contributed by atoms with Crippen LogP contribution in [0.5, 0.6) is 0 Å². The van der Waals surface area contributed by atoms with Gasteiger partial charge in [-0.3, -0.25) is 0 Å². The van der Waals surface area contributed by atoms with Crippen molar-refractivity contribution < 1.29 is 23.0 Å². The average molecular weight is 249 g/mol. The van der Waals surface area contributed by atoms with Crippen molar-refractivity contribution in [1.82, 2.24) is 4.57 Å². The van der Waals surface area contributed by atoms with Crippen LogP contribution in [0.1, 0.15) is 24.5 Å². The van der Waals surface area contributed by atoms with E-state index in [-0.39, 0.29) is 6.73 Å². The highest BCUT2D eigenvalue weighted by atomic mass is 19.4. The van der Waals surface area contributed by atoms with Gasteiger partial charge in [0.15, 0.2) is 0 Å². The highest BCUT2D eigenvalue weighted by Crippen LogP contribution is 2.40. The van der Waals surface area contributed by atoms with E-state index in [0.29, 0.717) is 5.92 Å². The van der Waals surface area contributed by atoms with Gasteiger partial charge in [-0.25, -0.2) is 0 Å². The minimum Gasteiger partial charge on any atom is -0.388 e. The number of nitrogens with zero attached hydrogens (tertiary/aromatic N) is 1. The molecule has 1 N–H and O–H groups in total. The number of aromatic nitrogens is 1. The summed E-state index contributed by atoms with van der Waals surface area (Å²) in [6.07, 6.45) is 0.451. The maximum Gasteiger partial charge on any atom is 0.411 e. The second kappa shape index (κ2) is 4.70. The summed E-state index contributed by atoms with van der Waals surface area (Å²) >= 11 is 0. The molecule has 1 fully saturated rings. The van der Waals surface area contributed by atoms with Gasteiger partial charge in [0.25, 0.3) is 0 Å². The van der Waals surface area contributed by atoms with Crippen LogP contribution in [0, 0.1) is 5.92 Å². The molecular formula is C11H14F3NO2. The molecule has 1 aliphatic carbocycles. The number of alkyl halides is 3. The fourth-order valence-electron chi connectivity index (χ4n) is 1.67. The van der Waals surface area contributed by atoms with Crippen LogP contribution in [0.15, 0.2) is 18.5 Å². The van der Waals surface area contributed by atoms with Crippen LogP contribution < -0.4 is 0 Å². The lowest BCUT2D eigenvalue weighted by Crippen LogP contribution is -2.18. The van der Waals surface area contributed by atoms with E-state index in [1.165, 1.54) is 4.57 Å². The van der Waals surface area contributed by atoms with Crippen LogP contribution in [0.2, 0.25) is 0 Å². The fraction of sp³-hybridized carbons (Fsp3) is 0.636. The molecule has 1 aromatic heterocycles. The van der Waals surface area contributed by atoms with Crippen molar-refractivity contribution in [3.05, 3.63) is 24.0 Å². The summed E-state index contributed by atoms with van der Waals surface area (Å²) in [7, 11) is 0. The van der Waals surface area contributed by atoms with E-state index in [9.17, 15) is 18.3 Å². The van der Waals surface area contributed by atoms with Crippen LogP contribution in [-0.2, 0) is 11.5 Å². The standard InChI is InChI=1S/C11H14F3NO2/c12-11(13,14)6-17-7-15-4-3-9(5-15)10(16)8-1-2-8/h3-5,8,10,16H,1-2,6-7H2. The van der Waals surface area contributed by atoms with E-state index >= 15 is 0 Å². The van der Waals surface area contributed by atoms with Gasteiger partial charge in [0.1, 0.15) is 13.3 Å². The van der Waals surface area contributed by atoms with Gasteiger partial charge in [0.05, 0.1) is 6.10 Å². The van der Waals surface area contributed by atoms with E-state index in [1.54, 1.807) is 18.5 Å². The summed E-state index contributed by atoms with van der Waals surface area (Å²) in [4.78, 5) is 0. The van der Waals surface area contributed by atoms with E-state index < -0.39 is 18.9 Å². The molecule has 0 saturated heterocycles. The predicted molar refractivity (Wildman–Crippen MR) is 54.1 cm³/mol. The van der Waals surface area contributed by atoms with Crippen molar-refractivity contribution in [2.24, 2.45) is 5.92 Å². The third kappa shape index (κ3) is 3.74. The summed E-state index contributed by atoms with van der Waals surface area (Å²) < 4.78 is 41.5. The quantitative estimate of drug-likeness (QED) is 0.869. The topological polar surface area (TPSA) is 34.4 Å². The lowest BCUT2D eigenvalue weighted by atomic mass is 10.1. The Bertz CT molecular complexity index is 371. The second-order valence-corrected chi connectivity index (χ2v) is 4.33. The highest BCUT2D eigenvalue weighted by molar-refractivity contribution is 5.15. The van der Waals surface area contributed by atoms with Gasteiger partial charge in [-0.05, 0) is 30.4 Å². The zero-order valence-electron chi connectivity index (χ0n) is 9.15. The number of aliphatic hydroxyl groups excluding tert-OH is 1. The Kier molecular flexibility index (Phi) is 3.44. The highest BCUT2D eigenvalue weighted by Gasteiger charge is 2.31. The van der Waals surface area contributed by atoms with E-state index in [0.717, 1.165) is 18.4 Å². The first-order valence-electron chi connectivity index (χ1n) is 5.44. The van der Waals surface area contributed by atoms with E-state index in [4.69, 9.17) is 0 Å².